The first-order chi connectivity index (χ1) is 8.63. The van der Waals surface area contributed by atoms with Gasteiger partial charge < -0.3 is 5.32 Å². The lowest BCUT2D eigenvalue weighted by Gasteiger charge is -2.31. The molecular weight excluding hydrogens is 290 g/mol. The third kappa shape index (κ3) is 2.97. The average Bonchev–Trinajstić information content (AvgIpc) is 2.59. The van der Waals surface area contributed by atoms with Gasteiger partial charge in [0, 0.05) is 7.05 Å². The fourth-order valence-electron chi connectivity index (χ4n) is 3.23. The van der Waals surface area contributed by atoms with Crippen LogP contribution in [0.5, 0.6) is 0 Å². The summed E-state index contributed by atoms with van der Waals surface area (Å²) >= 11 is 3.69. The van der Waals surface area contributed by atoms with Crippen LogP contribution < -0.4 is 5.32 Å². The van der Waals surface area contributed by atoms with Crippen molar-refractivity contribution in [2.75, 3.05) is 13.6 Å². The summed E-state index contributed by atoms with van der Waals surface area (Å²) in [5.74, 6) is 1.63. The van der Waals surface area contributed by atoms with Crippen LogP contribution in [-0.2, 0) is 13.5 Å². The van der Waals surface area contributed by atoms with Crippen molar-refractivity contribution in [1.29, 1.82) is 0 Å². The molecule has 0 saturated heterocycles. The van der Waals surface area contributed by atoms with Crippen LogP contribution in [-0.4, -0.2) is 23.4 Å². The first kappa shape index (κ1) is 14.1. The van der Waals surface area contributed by atoms with Crippen molar-refractivity contribution in [3.8, 4) is 0 Å². The standard InChI is InChI=1S/C14H24BrN3/c1-10-14(15)13(18(3)17-10)8-11-6-4-5-7-12(11)9-16-2/h11-12,16H,4-9H2,1-3H3. The second-order valence-corrected chi connectivity index (χ2v) is 6.33. The van der Waals surface area contributed by atoms with Gasteiger partial charge in [-0.25, -0.2) is 0 Å². The molecule has 102 valence electrons. The van der Waals surface area contributed by atoms with Gasteiger partial charge in [0.1, 0.15) is 0 Å². The van der Waals surface area contributed by atoms with Crippen molar-refractivity contribution in [1.82, 2.24) is 15.1 Å². The smallest absolute Gasteiger partial charge is 0.0738 e. The lowest BCUT2D eigenvalue weighted by atomic mass is 9.77. The molecule has 1 heterocycles. The Morgan fingerprint density at radius 2 is 2.00 bits per heavy atom. The second-order valence-electron chi connectivity index (χ2n) is 5.54. The molecule has 1 fully saturated rings. The number of nitrogens with zero attached hydrogens (tertiary/aromatic N) is 2. The molecule has 1 aromatic heterocycles. The van der Waals surface area contributed by atoms with Gasteiger partial charge in [-0.05, 0) is 67.5 Å². The van der Waals surface area contributed by atoms with E-state index in [1.54, 1.807) is 0 Å². The third-order valence-corrected chi connectivity index (χ3v) is 5.28. The summed E-state index contributed by atoms with van der Waals surface area (Å²) in [5.41, 5.74) is 2.47. The van der Waals surface area contributed by atoms with Crippen LogP contribution in [0.4, 0.5) is 0 Å². The van der Waals surface area contributed by atoms with Crippen molar-refractivity contribution in [2.24, 2.45) is 18.9 Å². The molecule has 2 atom stereocenters. The van der Waals surface area contributed by atoms with Crippen LogP contribution in [0.15, 0.2) is 4.47 Å². The van der Waals surface area contributed by atoms with Crippen molar-refractivity contribution in [2.45, 2.75) is 39.0 Å². The molecule has 0 aliphatic heterocycles. The highest BCUT2D eigenvalue weighted by molar-refractivity contribution is 9.10. The van der Waals surface area contributed by atoms with Gasteiger partial charge in [0.2, 0.25) is 0 Å². The number of rotatable bonds is 4. The highest BCUT2D eigenvalue weighted by atomic mass is 79.9. The Morgan fingerprint density at radius 1 is 1.33 bits per heavy atom. The minimum Gasteiger partial charge on any atom is -0.319 e. The van der Waals surface area contributed by atoms with Gasteiger partial charge >= 0.3 is 0 Å². The normalized spacial score (nSPS) is 24.4. The van der Waals surface area contributed by atoms with Crippen LogP contribution >= 0.6 is 15.9 Å². The fourth-order valence-corrected chi connectivity index (χ4v) is 3.73. The van der Waals surface area contributed by atoms with Gasteiger partial charge in [-0.1, -0.05) is 12.8 Å². The van der Waals surface area contributed by atoms with E-state index in [0.717, 1.165) is 30.5 Å². The minimum atomic E-state index is 0.803. The molecule has 1 aliphatic rings. The number of hydrogen-bond acceptors (Lipinski definition) is 2. The summed E-state index contributed by atoms with van der Waals surface area (Å²) in [6, 6.07) is 0. The SMILES string of the molecule is CNCC1CCCCC1Cc1c(Br)c(C)nn1C. The summed E-state index contributed by atoms with van der Waals surface area (Å²) in [5, 5.41) is 7.85. The molecule has 1 aliphatic carbocycles. The van der Waals surface area contributed by atoms with Crippen molar-refractivity contribution >= 4 is 15.9 Å². The van der Waals surface area contributed by atoms with E-state index >= 15 is 0 Å². The van der Waals surface area contributed by atoms with Crippen LogP contribution in [0.25, 0.3) is 0 Å². The first-order valence-electron chi connectivity index (χ1n) is 6.96. The molecule has 1 saturated carbocycles. The highest BCUT2D eigenvalue weighted by Gasteiger charge is 2.26. The van der Waals surface area contributed by atoms with Gasteiger partial charge in [0.05, 0.1) is 15.9 Å². The van der Waals surface area contributed by atoms with Crippen LogP contribution in [0.2, 0.25) is 0 Å². The Bertz CT molecular complexity index is 398. The van der Waals surface area contributed by atoms with Crippen LogP contribution in [0.3, 0.4) is 0 Å². The Hall–Kier alpha value is -0.350. The number of hydrogen-bond donors (Lipinski definition) is 1. The van der Waals surface area contributed by atoms with E-state index in [1.807, 2.05) is 4.68 Å². The number of aromatic nitrogens is 2. The second kappa shape index (κ2) is 6.20. The third-order valence-electron chi connectivity index (χ3n) is 4.25. The molecule has 0 bridgehead atoms. The molecule has 3 nitrogen and oxygen atoms in total. The zero-order valence-electron chi connectivity index (χ0n) is 11.7. The van der Waals surface area contributed by atoms with Crippen molar-refractivity contribution < 1.29 is 0 Å². The van der Waals surface area contributed by atoms with E-state index in [9.17, 15) is 0 Å². The van der Waals surface area contributed by atoms with E-state index in [2.05, 4.69) is 47.4 Å². The molecule has 4 heteroatoms. The van der Waals surface area contributed by atoms with E-state index in [-0.39, 0.29) is 0 Å². The van der Waals surface area contributed by atoms with Gasteiger partial charge in [-0.15, -0.1) is 0 Å². The van der Waals surface area contributed by atoms with Crippen LogP contribution in [0, 0.1) is 18.8 Å². The largest absolute Gasteiger partial charge is 0.319 e. The predicted octanol–water partition coefficient (Wildman–Crippen LogP) is 3.06. The maximum absolute atomic E-state index is 4.50. The predicted molar refractivity (Wildman–Crippen MR) is 78.7 cm³/mol. The monoisotopic (exact) mass is 313 g/mol. The molecule has 1 aromatic rings. The number of aryl methyl sites for hydroxylation is 2. The molecule has 2 rings (SSSR count). The fraction of sp³-hybridized carbons (Fsp3) is 0.786. The van der Waals surface area contributed by atoms with Gasteiger partial charge in [-0.2, -0.15) is 5.10 Å². The summed E-state index contributed by atoms with van der Waals surface area (Å²) < 4.78 is 3.25. The highest BCUT2D eigenvalue weighted by Crippen LogP contribution is 2.34. The molecule has 18 heavy (non-hydrogen) atoms. The zero-order chi connectivity index (χ0) is 13.1. The Labute approximate surface area is 118 Å². The molecule has 0 spiro atoms. The lowest BCUT2D eigenvalue weighted by Crippen LogP contribution is -2.30. The molecule has 0 amide bonds. The van der Waals surface area contributed by atoms with Crippen molar-refractivity contribution in [3.63, 3.8) is 0 Å². The zero-order valence-corrected chi connectivity index (χ0v) is 13.3. The maximum Gasteiger partial charge on any atom is 0.0738 e. The van der Waals surface area contributed by atoms with E-state index in [4.69, 9.17) is 0 Å². The van der Waals surface area contributed by atoms with Crippen molar-refractivity contribution in [3.05, 3.63) is 15.9 Å². The van der Waals surface area contributed by atoms with Gasteiger partial charge in [0.15, 0.2) is 0 Å². The molecule has 0 aromatic carbocycles. The summed E-state index contributed by atoms with van der Waals surface area (Å²) in [7, 11) is 4.12. The molecule has 2 unspecified atom stereocenters. The van der Waals surface area contributed by atoms with E-state index in [1.165, 1.54) is 35.8 Å². The Morgan fingerprint density at radius 3 is 2.56 bits per heavy atom. The molecular formula is C14H24BrN3. The van der Waals surface area contributed by atoms with Crippen LogP contribution in [0.1, 0.15) is 37.1 Å². The topological polar surface area (TPSA) is 29.9 Å². The Balaban J connectivity index is 2.10. The van der Waals surface area contributed by atoms with E-state index in [0.29, 0.717) is 0 Å². The number of halogens is 1. The average molecular weight is 314 g/mol. The lowest BCUT2D eigenvalue weighted by molar-refractivity contribution is 0.229. The molecule has 1 N–H and O–H groups in total. The minimum absolute atomic E-state index is 0.803. The molecule has 0 radical (unpaired) electrons. The van der Waals surface area contributed by atoms with Gasteiger partial charge in [-0.3, -0.25) is 4.68 Å². The quantitative estimate of drug-likeness (QED) is 0.926. The Kier molecular flexibility index (Phi) is 4.84. The van der Waals surface area contributed by atoms with Gasteiger partial charge in [0.25, 0.3) is 0 Å². The summed E-state index contributed by atoms with van der Waals surface area (Å²) in [4.78, 5) is 0. The van der Waals surface area contributed by atoms with E-state index < -0.39 is 0 Å². The first-order valence-corrected chi connectivity index (χ1v) is 7.75. The maximum atomic E-state index is 4.50. The summed E-state index contributed by atoms with van der Waals surface area (Å²) in [6.07, 6.45) is 6.68. The number of nitrogens with one attached hydrogen (secondary N) is 1. The summed E-state index contributed by atoms with van der Waals surface area (Å²) in [6.45, 7) is 3.22.